The van der Waals surface area contributed by atoms with Crippen LogP contribution >= 0.6 is 11.6 Å². The molecule has 0 spiro atoms. The third-order valence-corrected chi connectivity index (χ3v) is 6.09. The van der Waals surface area contributed by atoms with E-state index in [0.717, 1.165) is 27.9 Å². The Morgan fingerprint density at radius 2 is 1.82 bits per heavy atom. The van der Waals surface area contributed by atoms with Gasteiger partial charge in [-0.2, -0.15) is 0 Å². The minimum absolute atomic E-state index is 0.105. The zero-order valence-electron chi connectivity index (χ0n) is 19.0. The quantitative estimate of drug-likeness (QED) is 0.366. The second-order valence-electron chi connectivity index (χ2n) is 8.57. The molecule has 0 unspecified atom stereocenters. The van der Waals surface area contributed by atoms with Gasteiger partial charge in [0.15, 0.2) is 0 Å². The summed E-state index contributed by atoms with van der Waals surface area (Å²) in [5, 5.41) is 13.7. The van der Waals surface area contributed by atoms with Gasteiger partial charge in [0.1, 0.15) is 5.75 Å². The number of phenolic OH excluding ortho intramolecular Hbond substituents is 1. The number of aromatic hydroxyl groups is 1. The molecule has 1 amide bonds. The summed E-state index contributed by atoms with van der Waals surface area (Å²) in [5.74, 6) is -0.145. The number of rotatable bonds is 5. The largest absolute Gasteiger partial charge is 0.508 e. The molecular weight excluding hydrogens is 438 g/mol. The minimum atomic E-state index is -0.316. The number of nitrogens with one attached hydrogen (secondary N) is 2. The maximum atomic E-state index is 13.4. The number of amides is 1. The molecule has 33 heavy (non-hydrogen) atoms. The SMILES string of the molecule is Cc1cc(C)c(CNC(=O)c2cc(-c3ccc(O)cc3)cc3c2c(Cl)cn3C(C)C)c(=O)[nH]1. The van der Waals surface area contributed by atoms with Gasteiger partial charge in [0.2, 0.25) is 0 Å². The molecule has 0 fully saturated rings. The normalized spacial score (nSPS) is 11.3. The van der Waals surface area contributed by atoms with E-state index in [0.29, 0.717) is 21.5 Å². The first-order chi connectivity index (χ1) is 15.7. The lowest BCUT2D eigenvalue weighted by molar-refractivity contribution is 0.0952. The van der Waals surface area contributed by atoms with Crippen LogP contribution in [0.3, 0.4) is 0 Å². The molecule has 2 heterocycles. The number of hydrogen-bond acceptors (Lipinski definition) is 3. The van der Waals surface area contributed by atoms with Gasteiger partial charge >= 0.3 is 0 Å². The summed E-state index contributed by atoms with van der Waals surface area (Å²) in [5.41, 5.74) is 4.87. The Labute approximate surface area is 196 Å². The summed E-state index contributed by atoms with van der Waals surface area (Å²) in [7, 11) is 0. The number of H-pyrrole nitrogens is 1. The van der Waals surface area contributed by atoms with E-state index in [-0.39, 0.29) is 29.8 Å². The fourth-order valence-electron chi connectivity index (χ4n) is 4.13. The molecule has 0 atom stereocenters. The second-order valence-corrected chi connectivity index (χ2v) is 8.98. The maximum Gasteiger partial charge on any atom is 0.253 e. The lowest BCUT2D eigenvalue weighted by Gasteiger charge is -2.14. The van der Waals surface area contributed by atoms with Gasteiger partial charge in [-0.25, -0.2) is 0 Å². The van der Waals surface area contributed by atoms with Crippen molar-refractivity contribution in [2.75, 3.05) is 0 Å². The molecule has 3 N–H and O–H groups in total. The molecule has 0 bridgehead atoms. The summed E-state index contributed by atoms with van der Waals surface area (Å²) < 4.78 is 2.03. The standard InChI is InChI=1S/C26H26ClN3O3/c1-14(2)30-13-22(27)24-20(10-18(11-23(24)30)17-5-7-19(31)8-6-17)25(32)28-12-21-15(3)9-16(4)29-26(21)33/h5-11,13-14,31H,12H2,1-4H3,(H,28,32)(H,29,33). The number of phenols is 1. The van der Waals surface area contributed by atoms with Crippen molar-refractivity contribution in [1.29, 1.82) is 0 Å². The molecule has 7 heteroatoms. The fourth-order valence-corrected chi connectivity index (χ4v) is 4.43. The predicted molar refractivity (Wildman–Crippen MR) is 132 cm³/mol. The lowest BCUT2D eigenvalue weighted by atomic mass is 9.99. The van der Waals surface area contributed by atoms with Crippen LogP contribution in [0.1, 0.15) is 47.1 Å². The molecule has 2 aromatic carbocycles. The number of aromatic nitrogens is 2. The second kappa shape index (κ2) is 8.79. The first-order valence-electron chi connectivity index (χ1n) is 10.8. The Hall–Kier alpha value is -3.51. The van der Waals surface area contributed by atoms with Crippen LogP contribution in [-0.2, 0) is 6.54 Å². The molecule has 6 nitrogen and oxygen atoms in total. The molecule has 4 rings (SSSR count). The van der Waals surface area contributed by atoms with Gasteiger partial charge in [-0.05, 0) is 74.7 Å². The van der Waals surface area contributed by atoms with Crippen LogP contribution < -0.4 is 10.9 Å². The third kappa shape index (κ3) is 4.39. The topological polar surface area (TPSA) is 87.1 Å². The molecule has 0 aliphatic rings. The molecule has 4 aromatic rings. The average Bonchev–Trinajstić information content (AvgIpc) is 3.09. The van der Waals surface area contributed by atoms with E-state index in [9.17, 15) is 14.7 Å². The number of pyridine rings is 1. The van der Waals surface area contributed by atoms with Crippen molar-refractivity contribution in [2.24, 2.45) is 0 Å². The highest BCUT2D eigenvalue weighted by Gasteiger charge is 2.20. The van der Waals surface area contributed by atoms with Crippen LogP contribution in [-0.4, -0.2) is 20.6 Å². The zero-order chi connectivity index (χ0) is 23.9. The molecule has 0 aliphatic heterocycles. The van der Waals surface area contributed by atoms with Crippen molar-refractivity contribution in [2.45, 2.75) is 40.3 Å². The minimum Gasteiger partial charge on any atom is -0.508 e. The van der Waals surface area contributed by atoms with E-state index in [1.807, 2.05) is 36.7 Å². The number of carbonyl (C=O) groups excluding carboxylic acids is 1. The number of benzene rings is 2. The van der Waals surface area contributed by atoms with Crippen molar-refractivity contribution in [1.82, 2.24) is 14.9 Å². The maximum absolute atomic E-state index is 13.4. The Bertz CT molecular complexity index is 1420. The van der Waals surface area contributed by atoms with Crippen molar-refractivity contribution in [3.8, 4) is 16.9 Å². The van der Waals surface area contributed by atoms with E-state index in [1.165, 1.54) is 0 Å². The summed E-state index contributed by atoms with van der Waals surface area (Å²) in [6.07, 6.45) is 1.84. The first-order valence-corrected chi connectivity index (χ1v) is 11.1. The lowest BCUT2D eigenvalue weighted by Crippen LogP contribution is -2.28. The van der Waals surface area contributed by atoms with Crippen LogP contribution in [0, 0.1) is 13.8 Å². The highest BCUT2D eigenvalue weighted by Crippen LogP contribution is 2.35. The molecular formula is C26H26ClN3O3. The van der Waals surface area contributed by atoms with Crippen molar-refractivity contribution in [3.63, 3.8) is 0 Å². The summed E-state index contributed by atoms with van der Waals surface area (Å²) >= 11 is 6.59. The highest BCUT2D eigenvalue weighted by atomic mass is 35.5. The van der Waals surface area contributed by atoms with Crippen molar-refractivity contribution in [3.05, 3.63) is 86.4 Å². The van der Waals surface area contributed by atoms with E-state index < -0.39 is 0 Å². The Kier molecular flexibility index (Phi) is 6.04. The summed E-state index contributed by atoms with van der Waals surface area (Å²) in [6.45, 7) is 7.88. The third-order valence-electron chi connectivity index (χ3n) is 5.81. The number of aromatic amines is 1. The molecule has 0 saturated carbocycles. The van der Waals surface area contributed by atoms with E-state index in [2.05, 4.69) is 24.1 Å². The van der Waals surface area contributed by atoms with Crippen molar-refractivity contribution < 1.29 is 9.90 Å². The molecule has 0 radical (unpaired) electrons. The summed E-state index contributed by atoms with van der Waals surface area (Å²) in [6, 6.07) is 12.6. The monoisotopic (exact) mass is 463 g/mol. The number of nitrogens with zero attached hydrogens (tertiary/aromatic N) is 1. The molecule has 0 aliphatic carbocycles. The predicted octanol–water partition coefficient (Wildman–Crippen LogP) is 5.48. The zero-order valence-corrected chi connectivity index (χ0v) is 19.7. The highest BCUT2D eigenvalue weighted by molar-refractivity contribution is 6.37. The van der Waals surface area contributed by atoms with Crippen LogP contribution in [0.5, 0.6) is 5.75 Å². The van der Waals surface area contributed by atoms with Gasteiger partial charge in [-0.3, -0.25) is 9.59 Å². The van der Waals surface area contributed by atoms with Gasteiger partial charge < -0.3 is 20.0 Å². The van der Waals surface area contributed by atoms with Gasteiger partial charge in [-0.1, -0.05) is 23.7 Å². The van der Waals surface area contributed by atoms with Crippen molar-refractivity contribution >= 4 is 28.4 Å². The number of aryl methyl sites for hydroxylation is 2. The van der Waals surface area contributed by atoms with Gasteiger partial charge in [0, 0.05) is 35.4 Å². The number of fused-ring (bicyclic) bond motifs is 1. The number of halogens is 1. The van der Waals surface area contributed by atoms with Gasteiger partial charge in [0.05, 0.1) is 16.1 Å². The average molecular weight is 464 g/mol. The van der Waals surface area contributed by atoms with Crippen LogP contribution in [0.2, 0.25) is 5.02 Å². The molecule has 170 valence electrons. The number of hydrogen-bond donors (Lipinski definition) is 3. The number of carbonyl (C=O) groups is 1. The van der Waals surface area contributed by atoms with Crippen LogP contribution in [0.25, 0.3) is 22.0 Å². The molecule has 2 aromatic heterocycles. The van der Waals surface area contributed by atoms with E-state index in [1.54, 1.807) is 30.3 Å². The van der Waals surface area contributed by atoms with Crippen LogP contribution in [0.4, 0.5) is 0 Å². The first kappa shape index (κ1) is 22.7. The Balaban J connectivity index is 1.80. The van der Waals surface area contributed by atoms with E-state index >= 15 is 0 Å². The molecule has 0 saturated heterocycles. The Morgan fingerprint density at radius 3 is 2.45 bits per heavy atom. The van der Waals surface area contributed by atoms with E-state index in [4.69, 9.17) is 11.6 Å². The van der Waals surface area contributed by atoms with Crippen LogP contribution in [0.15, 0.2) is 53.5 Å². The fraction of sp³-hybridized carbons (Fsp3) is 0.231. The smallest absolute Gasteiger partial charge is 0.253 e. The van der Waals surface area contributed by atoms with Gasteiger partial charge in [-0.15, -0.1) is 0 Å². The summed E-state index contributed by atoms with van der Waals surface area (Å²) in [4.78, 5) is 28.5. The Morgan fingerprint density at radius 1 is 1.12 bits per heavy atom. The van der Waals surface area contributed by atoms with Gasteiger partial charge in [0.25, 0.3) is 11.5 Å².